The van der Waals surface area contributed by atoms with Crippen LogP contribution in [0.5, 0.6) is 0 Å². The molecule has 0 amide bonds. The Kier molecular flexibility index (Phi) is 4.48. The van der Waals surface area contributed by atoms with Gasteiger partial charge in [-0.25, -0.2) is 4.98 Å². The van der Waals surface area contributed by atoms with E-state index < -0.39 is 11.7 Å². The summed E-state index contributed by atoms with van der Waals surface area (Å²) in [6.45, 7) is 4.19. The molecule has 0 saturated heterocycles. The lowest BCUT2D eigenvalue weighted by Crippen LogP contribution is -2.05. The molecule has 0 aliphatic heterocycles. The number of fused-ring (bicyclic) bond motifs is 1. The van der Waals surface area contributed by atoms with E-state index in [2.05, 4.69) is 33.9 Å². The first-order valence-corrected chi connectivity index (χ1v) is 7.78. The van der Waals surface area contributed by atoms with E-state index in [1.54, 1.807) is 6.21 Å². The Labute approximate surface area is 143 Å². The number of rotatable bonds is 4. The number of anilines is 1. The molecule has 0 fully saturated rings. The first-order valence-electron chi connectivity index (χ1n) is 7.78. The second kappa shape index (κ2) is 6.58. The molecule has 4 nitrogen and oxygen atoms in total. The number of nitrogens with zero attached hydrogens (tertiary/aromatic N) is 3. The van der Waals surface area contributed by atoms with E-state index in [1.165, 1.54) is 6.07 Å². The Morgan fingerprint density at radius 3 is 2.56 bits per heavy atom. The smallest absolute Gasteiger partial charge is 0.344 e. The van der Waals surface area contributed by atoms with Crippen molar-refractivity contribution in [1.82, 2.24) is 9.55 Å². The second-order valence-corrected chi connectivity index (χ2v) is 5.90. The van der Waals surface area contributed by atoms with Crippen LogP contribution in [-0.2, 0) is 6.18 Å². The molecule has 0 bridgehead atoms. The fraction of sp³-hybridized carbons (Fsp3) is 0.222. The number of para-hydroxylation sites is 1. The number of halogens is 3. The third kappa shape index (κ3) is 3.65. The highest BCUT2D eigenvalue weighted by molar-refractivity contribution is 5.99. The summed E-state index contributed by atoms with van der Waals surface area (Å²) in [6.07, 6.45) is 0.0250. The van der Waals surface area contributed by atoms with Gasteiger partial charge in [0.15, 0.2) is 0 Å². The van der Waals surface area contributed by atoms with Crippen LogP contribution < -0.4 is 5.43 Å². The van der Waals surface area contributed by atoms with Crippen molar-refractivity contribution >= 4 is 22.9 Å². The fourth-order valence-electron chi connectivity index (χ4n) is 2.56. The van der Waals surface area contributed by atoms with Crippen molar-refractivity contribution in [1.29, 1.82) is 0 Å². The third-order valence-corrected chi connectivity index (χ3v) is 3.80. The van der Waals surface area contributed by atoms with Gasteiger partial charge in [0.25, 0.3) is 0 Å². The number of pyridine rings is 1. The molecule has 2 aromatic heterocycles. The van der Waals surface area contributed by atoms with Crippen LogP contribution in [0.2, 0.25) is 0 Å². The number of alkyl halides is 3. The summed E-state index contributed by atoms with van der Waals surface area (Å²) in [5, 5.41) is 5.15. The van der Waals surface area contributed by atoms with Gasteiger partial charge in [0.1, 0.15) is 5.82 Å². The second-order valence-electron chi connectivity index (χ2n) is 5.90. The average Bonchev–Trinajstić information content (AvgIpc) is 2.94. The van der Waals surface area contributed by atoms with Gasteiger partial charge in [0.05, 0.1) is 11.8 Å². The number of benzene rings is 1. The highest BCUT2D eigenvalue weighted by Crippen LogP contribution is 2.29. The Bertz CT molecular complexity index is 893. The summed E-state index contributed by atoms with van der Waals surface area (Å²) in [4.78, 5) is 3.72. The zero-order valence-corrected chi connectivity index (χ0v) is 13.7. The molecule has 7 heteroatoms. The molecule has 0 saturated carbocycles. The van der Waals surface area contributed by atoms with E-state index in [4.69, 9.17) is 0 Å². The zero-order chi connectivity index (χ0) is 18.0. The highest BCUT2D eigenvalue weighted by Gasteiger charge is 2.30. The number of hydrogen-bond acceptors (Lipinski definition) is 3. The summed E-state index contributed by atoms with van der Waals surface area (Å²) in [5.74, 6) is 0.247. The molecular formula is C18H17F3N4. The molecule has 1 aromatic carbocycles. The normalized spacial score (nSPS) is 12.4. The van der Waals surface area contributed by atoms with E-state index in [0.717, 1.165) is 28.7 Å². The predicted octanol–water partition coefficient (Wildman–Crippen LogP) is 5.08. The highest BCUT2D eigenvalue weighted by atomic mass is 19.4. The van der Waals surface area contributed by atoms with Crippen LogP contribution in [0, 0.1) is 0 Å². The van der Waals surface area contributed by atoms with E-state index in [0.29, 0.717) is 6.04 Å². The van der Waals surface area contributed by atoms with Crippen LogP contribution in [0.15, 0.2) is 53.9 Å². The Morgan fingerprint density at radius 2 is 1.92 bits per heavy atom. The first kappa shape index (κ1) is 17.0. The monoisotopic (exact) mass is 346 g/mol. The maximum atomic E-state index is 12.5. The molecule has 0 atom stereocenters. The number of aromatic nitrogens is 2. The molecule has 0 radical (unpaired) electrons. The van der Waals surface area contributed by atoms with E-state index in [9.17, 15) is 13.2 Å². The van der Waals surface area contributed by atoms with Gasteiger partial charge >= 0.3 is 6.18 Å². The van der Waals surface area contributed by atoms with Crippen LogP contribution in [0.4, 0.5) is 19.0 Å². The largest absolute Gasteiger partial charge is 0.417 e. The van der Waals surface area contributed by atoms with E-state index in [-0.39, 0.29) is 5.82 Å². The molecule has 0 spiro atoms. The van der Waals surface area contributed by atoms with Gasteiger partial charge in [-0.15, -0.1) is 0 Å². The van der Waals surface area contributed by atoms with E-state index in [1.807, 2.05) is 30.5 Å². The standard InChI is InChI=1S/C18H17F3N4/c1-12(2)25-11-13(15-5-3-4-6-16(15)25)9-23-24-17-8-7-14(10-22-17)18(19,20)21/h3-12H,1-2H3,(H,22,24)/b23-9-. The van der Waals surface area contributed by atoms with Crippen molar-refractivity contribution in [3.63, 3.8) is 0 Å². The maximum absolute atomic E-state index is 12.5. The van der Waals surface area contributed by atoms with Gasteiger partial charge in [-0.2, -0.15) is 18.3 Å². The predicted molar refractivity (Wildman–Crippen MR) is 92.8 cm³/mol. The van der Waals surface area contributed by atoms with Gasteiger partial charge in [0, 0.05) is 34.9 Å². The van der Waals surface area contributed by atoms with Crippen LogP contribution in [0.1, 0.15) is 31.0 Å². The lowest BCUT2D eigenvalue weighted by Gasteiger charge is -2.08. The van der Waals surface area contributed by atoms with E-state index >= 15 is 0 Å². The molecule has 2 heterocycles. The molecule has 3 aromatic rings. The summed E-state index contributed by atoms with van der Waals surface area (Å²) >= 11 is 0. The third-order valence-electron chi connectivity index (χ3n) is 3.80. The number of nitrogens with one attached hydrogen (secondary N) is 1. The molecule has 25 heavy (non-hydrogen) atoms. The minimum absolute atomic E-state index is 0.247. The molecule has 130 valence electrons. The molecule has 1 N–H and O–H groups in total. The van der Waals surface area contributed by atoms with Gasteiger partial charge in [-0.1, -0.05) is 18.2 Å². The molecular weight excluding hydrogens is 329 g/mol. The maximum Gasteiger partial charge on any atom is 0.417 e. The van der Waals surface area contributed by atoms with Crippen molar-refractivity contribution < 1.29 is 13.2 Å². The van der Waals surface area contributed by atoms with Gasteiger partial charge in [-0.05, 0) is 32.0 Å². The summed E-state index contributed by atoms with van der Waals surface area (Å²) in [6, 6.07) is 10.5. The molecule has 3 rings (SSSR count). The minimum atomic E-state index is -4.40. The molecule has 0 unspecified atom stereocenters. The van der Waals surface area contributed by atoms with Crippen molar-refractivity contribution in [2.75, 3.05) is 5.43 Å². The summed E-state index contributed by atoms with van der Waals surface area (Å²) in [5.41, 5.74) is 3.89. The van der Waals surface area contributed by atoms with Crippen LogP contribution in [0.3, 0.4) is 0 Å². The van der Waals surface area contributed by atoms with Crippen LogP contribution in [0.25, 0.3) is 10.9 Å². The SMILES string of the molecule is CC(C)n1cc(/C=N\Nc2ccc(C(F)(F)F)cn2)c2ccccc21. The van der Waals surface area contributed by atoms with Gasteiger partial charge in [0.2, 0.25) is 0 Å². The van der Waals surface area contributed by atoms with Crippen LogP contribution >= 0.6 is 0 Å². The van der Waals surface area contributed by atoms with Gasteiger partial charge in [-0.3, -0.25) is 5.43 Å². The van der Waals surface area contributed by atoms with Crippen LogP contribution in [-0.4, -0.2) is 15.8 Å². The Hall–Kier alpha value is -2.83. The zero-order valence-electron chi connectivity index (χ0n) is 13.7. The lowest BCUT2D eigenvalue weighted by molar-refractivity contribution is -0.137. The molecule has 0 aliphatic carbocycles. The summed E-state index contributed by atoms with van der Waals surface area (Å²) in [7, 11) is 0. The first-order chi connectivity index (χ1) is 11.9. The Morgan fingerprint density at radius 1 is 1.16 bits per heavy atom. The topological polar surface area (TPSA) is 42.2 Å². The Balaban J connectivity index is 1.80. The minimum Gasteiger partial charge on any atom is -0.344 e. The van der Waals surface area contributed by atoms with Crippen molar-refractivity contribution in [2.45, 2.75) is 26.1 Å². The lowest BCUT2D eigenvalue weighted by atomic mass is 10.2. The quantitative estimate of drug-likeness (QED) is 0.529. The molecule has 0 aliphatic rings. The number of hydrogen-bond donors (Lipinski definition) is 1. The van der Waals surface area contributed by atoms with Gasteiger partial charge < -0.3 is 4.57 Å². The van der Waals surface area contributed by atoms with Crippen molar-refractivity contribution in [3.8, 4) is 0 Å². The summed E-state index contributed by atoms with van der Waals surface area (Å²) < 4.78 is 39.7. The van der Waals surface area contributed by atoms with Crippen molar-refractivity contribution in [3.05, 3.63) is 59.9 Å². The fourth-order valence-corrected chi connectivity index (χ4v) is 2.56. The number of hydrazone groups is 1. The average molecular weight is 346 g/mol. The van der Waals surface area contributed by atoms with Crippen molar-refractivity contribution in [2.24, 2.45) is 5.10 Å².